The van der Waals surface area contributed by atoms with Crippen molar-refractivity contribution in [1.82, 2.24) is 10.6 Å². The van der Waals surface area contributed by atoms with E-state index in [9.17, 15) is 4.79 Å². The molecule has 2 atom stereocenters. The van der Waals surface area contributed by atoms with E-state index in [1.165, 1.54) is 0 Å². The van der Waals surface area contributed by atoms with E-state index in [1.54, 1.807) is 11.8 Å². The molecule has 0 aliphatic carbocycles. The van der Waals surface area contributed by atoms with Crippen molar-refractivity contribution in [2.75, 3.05) is 24.8 Å². The maximum atomic E-state index is 12.2. The zero-order valence-electron chi connectivity index (χ0n) is 13.3. The minimum atomic E-state index is -0.0958. The summed E-state index contributed by atoms with van der Waals surface area (Å²) in [7, 11) is 0. The van der Waals surface area contributed by atoms with Crippen molar-refractivity contribution in [2.24, 2.45) is 0 Å². The molecule has 1 heterocycles. The van der Waals surface area contributed by atoms with Crippen molar-refractivity contribution in [2.45, 2.75) is 32.9 Å². The van der Waals surface area contributed by atoms with Crippen molar-refractivity contribution in [1.29, 1.82) is 0 Å². The molecular weight excluding hydrogens is 300 g/mol. The summed E-state index contributed by atoms with van der Waals surface area (Å²) in [4.78, 5) is 12.2. The third kappa shape index (κ3) is 4.30. The van der Waals surface area contributed by atoms with E-state index in [-0.39, 0.29) is 18.0 Å². The van der Waals surface area contributed by atoms with E-state index in [0.717, 1.165) is 28.7 Å². The number of amides is 1. The van der Waals surface area contributed by atoms with Crippen LogP contribution in [0.25, 0.3) is 0 Å². The zero-order valence-corrected chi connectivity index (χ0v) is 14.2. The summed E-state index contributed by atoms with van der Waals surface area (Å²) in [6, 6.07) is 5.64. The first-order valence-corrected chi connectivity index (χ1v) is 8.82. The van der Waals surface area contributed by atoms with Crippen molar-refractivity contribution < 1.29 is 14.3 Å². The van der Waals surface area contributed by atoms with Gasteiger partial charge in [-0.15, -0.1) is 11.8 Å². The Bertz CT molecular complexity index is 504. The van der Waals surface area contributed by atoms with Gasteiger partial charge in [-0.05, 0) is 38.5 Å². The van der Waals surface area contributed by atoms with Crippen molar-refractivity contribution in [3.63, 3.8) is 0 Å². The summed E-state index contributed by atoms with van der Waals surface area (Å²) in [5, 5.41) is 6.22. The molecule has 0 aromatic heterocycles. The topological polar surface area (TPSA) is 59.6 Å². The lowest BCUT2D eigenvalue weighted by atomic mass is 10.1. The number of carbonyl (C=O) groups excluding carboxylic acids is 1. The minimum absolute atomic E-state index is 0.0457. The van der Waals surface area contributed by atoms with Crippen LogP contribution in [0.4, 0.5) is 0 Å². The number of ether oxygens (including phenoxy) is 2. The summed E-state index contributed by atoms with van der Waals surface area (Å²) in [5.74, 6) is 3.16. The number of carbonyl (C=O) groups is 1. The first kappa shape index (κ1) is 17.0. The predicted molar refractivity (Wildman–Crippen MR) is 89.6 cm³/mol. The third-order valence-corrected chi connectivity index (χ3v) is 4.40. The first-order chi connectivity index (χ1) is 10.7. The van der Waals surface area contributed by atoms with E-state index in [1.807, 2.05) is 39.0 Å². The highest BCUT2D eigenvalue weighted by Crippen LogP contribution is 2.30. The molecule has 0 spiro atoms. The SMILES string of the molecule is CCOc1ccc(C(C)NC(=O)C2CSCN2)cc1OCC. The van der Waals surface area contributed by atoms with Crippen LogP contribution in [0, 0.1) is 0 Å². The Morgan fingerprint density at radius 1 is 1.36 bits per heavy atom. The van der Waals surface area contributed by atoms with Gasteiger partial charge in [-0.25, -0.2) is 0 Å². The van der Waals surface area contributed by atoms with Gasteiger partial charge in [0, 0.05) is 11.6 Å². The average Bonchev–Trinajstić information content (AvgIpc) is 3.04. The second kappa shape index (κ2) is 8.29. The van der Waals surface area contributed by atoms with E-state index in [4.69, 9.17) is 9.47 Å². The van der Waals surface area contributed by atoms with Crippen molar-refractivity contribution >= 4 is 17.7 Å². The van der Waals surface area contributed by atoms with Gasteiger partial charge in [0.15, 0.2) is 11.5 Å². The van der Waals surface area contributed by atoms with Crippen LogP contribution in [0.15, 0.2) is 18.2 Å². The van der Waals surface area contributed by atoms with E-state index in [2.05, 4.69) is 10.6 Å². The Morgan fingerprint density at radius 2 is 2.09 bits per heavy atom. The Labute approximate surface area is 136 Å². The normalized spacial score (nSPS) is 18.8. The molecule has 2 unspecified atom stereocenters. The van der Waals surface area contributed by atoms with Crippen LogP contribution < -0.4 is 20.1 Å². The molecule has 0 bridgehead atoms. The molecule has 1 saturated heterocycles. The van der Waals surface area contributed by atoms with Gasteiger partial charge < -0.3 is 14.8 Å². The van der Waals surface area contributed by atoms with Crippen LogP contribution in [0.5, 0.6) is 11.5 Å². The van der Waals surface area contributed by atoms with Gasteiger partial charge in [0.25, 0.3) is 0 Å². The zero-order chi connectivity index (χ0) is 15.9. The Hall–Kier alpha value is -1.40. The molecule has 1 fully saturated rings. The Morgan fingerprint density at radius 3 is 2.73 bits per heavy atom. The number of rotatable bonds is 7. The molecule has 1 amide bonds. The molecule has 2 rings (SSSR count). The molecule has 1 aliphatic heterocycles. The standard InChI is InChI=1S/C16H24N2O3S/c1-4-20-14-7-6-12(8-15(14)21-5-2)11(3)18-16(19)13-9-22-10-17-13/h6-8,11,13,17H,4-5,9-10H2,1-3H3,(H,18,19). The highest BCUT2D eigenvalue weighted by molar-refractivity contribution is 7.99. The largest absolute Gasteiger partial charge is 0.490 e. The van der Waals surface area contributed by atoms with Crippen LogP contribution >= 0.6 is 11.8 Å². The molecule has 0 radical (unpaired) electrons. The highest BCUT2D eigenvalue weighted by atomic mass is 32.2. The quantitative estimate of drug-likeness (QED) is 0.806. The van der Waals surface area contributed by atoms with Crippen LogP contribution in [-0.4, -0.2) is 36.8 Å². The smallest absolute Gasteiger partial charge is 0.238 e. The lowest BCUT2D eigenvalue weighted by Gasteiger charge is -2.19. The molecular formula is C16H24N2O3S. The second-order valence-corrected chi connectivity index (χ2v) is 6.10. The van der Waals surface area contributed by atoms with Gasteiger partial charge >= 0.3 is 0 Å². The van der Waals surface area contributed by atoms with Crippen LogP contribution in [0.1, 0.15) is 32.4 Å². The lowest BCUT2D eigenvalue weighted by molar-refractivity contribution is -0.123. The molecule has 1 aliphatic rings. The summed E-state index contributed by atoms with van der Waals surface area (Å²) in [5.41, 5.74) is 1.01. The van der Waals surface area contributed by atoms with Gasteiger partial charge in [0.2, 0.25) is 5.91 Å². The average molecular weight is 324 g/mol. The summed E-state index contributed by atoms with van der Waals surface area (Å²) < 4.78 is 11.2. The Balaban J connectivity index is 2.06. The fourth-order valence-electron chi connectivity index (χ4n) is 2.30. The van der Waals surface area contributed by atoms with Crippen LogP contribution in [0.3, 0.4) is 0 Å². The van der Waals surface area contributed by atoms with E-state index >= 15 is 0 Å². The van der Waals surface area contributed by atoms with Gasteiger partial charge in [0.05, 0.1) is 25.3 Å². The maximum absolute atomic E-state index is 12.2. The molecule has 5 nitrogen and oxygen atoms in total. The van der Waals surface area contributed by atoms with Crippen LogP contribution in [-0.2, 0) is 4.79 Å². The highest BCUT2D eigenvalue weighted by Gasteiger charge is 2.24. The molecule has 1 aromatic rings. The Kier molecular flexibility index (Phi) is 6.39. The molecule has 6 heteroatoms. The monoisotopic (exact) mass is 324 g/mol. The maximum Gasteiger partial charge on any atom is 0.238 e. The number of hydrogen-bond donors (Lipinski definition) is 2. The summed E-state index contributed by atoms with van der Waals surface area (Å²) in [6.45, 7) is 7.03. The second-order valence-electron chi connectivity index (χ2n) is 5.07. The number of nitrogens with one attached hydrogen (secondary N) is 2. The molecule has 2 N–H and O–H groups in total. The summed E-state index contributed by atoms with van der Waals surface area (Å²) >= 11 is 1.74. The fraction of sp³-hybridized carbons (Fsp3) is 0.562. The van der Waals surface area contributed by atoms with Gasteiger partial charge in [-0.3, -0.25) is 10.1 Å². The first-order valence-electron chi connectivity index (χ1n) is 7.66. The number of thioether (sulfide) groups is 1. The van der Waals surface area contributed by atoms with E-state index in [0.29, 0.717) is 13.2 Å². The van der Waals surface area contributed by atoms with Crippen molar-refractivity contribution in [3.05, 3.63) is 23.8 Å². The van der Waals surface area contributed by atoms with E-state index < -0.39 is 0 Å². The third-order valence-electron chi connectivity index (χ3n) is 3.46. The fourth-order valence-corrected chi connectivity index (χ4v) is 3.24. The van der Waals surface area contributed by atoms with Crippen molar-refractivity contribution in [3.8, 4) is 11.5 Å². The number of hydrogen-bond acceptors (Lipinski definition) is 5. The lowest BCUT2D eigenvalue weighted by Crippen LogP contribution is -2.42. The molecule has 22 heavy (non-hydrogen) atoms. The number of benzene rings is 1. The molecule has 1 aromatic carbocycles. The summed E-state index contributed by atoms with van der Waals surface area (Å²) in [6.07, 6.45) is 0. The van der Waals surface area contributed by atoms with Gasteiger partial charge in [-0.2, -0.15) is 0 Å². The predicted octanol–water partition coefficient (Wildman–Crippen LogP) is 2.32. The molecule has 0 saturated carbocycles. The van der Waals surface area contributed by atoms with Gasteiger partial charge in [0.1, 0.15) is 0 Å². The molecule has 122 valence electrons. The van der Waals surface area contributed by atoms with Crippen LogP contribution in [0.2, 0.25) is 0 Å². The van der Waals surface area contributed by atoms with Gasteiger partial charge in [-0.1, -0.05) is 6.07 Å². The minimum Gasteiger partial charge on any atom is -0.490 e.